The maximum absolute atomic E-state index is 6.07. The number of aromatic nitrogens is 4. The zero-order valence-electron chi connectivity index (χ0n) is 10.6. The predicted octanol–water partition coefficient (Wildman–Crippen LogP) is 3.07. The van der Waals surface area contributed by atoms with Crippen molar-refractivity contribution in [3.05, 3.63) is 33.8 Å². The van der Waals surface area contributed by atoms with Gasteiger partial charge in [0.25, 0.3) is 0 Å². The van der Waals surface area contributed by atoms with E-state index in [9.17, 15) is 0 Å². The number of thioether (sulfide) groups is 1. The van der Waals surface area contributed by atoms with Crippen LogP contribution in [0.3, 0.4) is 0 Å². The lowest BCUT2D eigenvalue weighted by atomic mass is 10.3. The SMILES string of the molecule is NCc1nnc(SCc2ccc(Cl)nc2Cl)n1C1CC1. The van der Waals surface area contributed by atoms with E-state index in [0.717, 1.165) is 16.5 Å². The van der Waals surface area contributed by atoms with Crippen LogP contribution in [0.25, 0.3) is 0 Å². The molecule has 8 heteroatoms. The van der Waals surface area contributed by atoms with Crippen LogP contribution in [0.4, 0.5) is 0 Å². The fraction of sp³-hybridized carbons (Fsp3) is 0.417. The molecule has 1 fully saturated rings. The van der Waals surface area contributed by atoms with E-state index >= 15 is 0 Å². The summed E-state index contributed by atoms with van der Waals surface area (Å²) in [5.41, 5.74) is 6.63. The highest BCUT2D eigenvalue weighted by Gasteiger charge is 2.29. The van der Waals surface area contributed by atoms with Crippen LogP contribution in [0.1, 0.15) is 30.3 Å². The smallest absolute Gasteiger partial charge is 0.191 e. The number of pyridine rings is 1. The molecule has 2 aromatic heterocycles. The molecule has 20 heavy (non-hydrogen) atoms. The molecule has 2 N–H and O–H groups in total. The molecule has 1 saturated carbocycles. The van der Waals surface area contributed by atoms with Gasteiger partial charge >= 0.3 is 0 Å². The zero-order valence-corrected chi connectivity index (χ0v) is 12.9. The summed E-state index contributed by atoms with van der Waals surface area (Å²) < 4.78 is 2.14. The van der Waals surface area contributed by atoms with E-state index in [-0.39, 0.29) is 0 Å². The lowest BCUT2D eigenvalue weighted by Crippen LogP contribution is -2.08. The van der Waals surface area contributed by atoms with Gasteiger partial charge in [-0.25, -0.2) is 4.98 Å². The molecule has 0 aromatic carbocycles. The summed E-state index contributed by atoms with van der Waals surface area (Å²) in [7, 11) is 0. The van der Waals surface area contributed by atoms with E-state index in [1.807, 2.05) is 6.07 Å². The number of nitrogens with zero attached hydrogens (tertiary/aromatic N) is 4. The molecule has 0 bridgehead atoms. The van der Waals surface area contributed by atoms with Gasteiger partial charge in [0.1, 0.15) is 16.1 Å². The average Bonchev–Trinajstić information content (AvgIpc) is 3.18. The highest BCUT2D eigenvalue weighted by Crippen LogP contribution is 2.39. The van der Waals surface area contributed by atoms with Gasteiger partial charge in [-0.05, 0) is 24.5 Å². The Morgan fingerprint density at radius 2 is 2.10 bits per heavy atom. The number of halogens is 2. The first kappa shape index (κ1) is 14.1. The van der Waals surface area contributed by atoms with Crippen molar-refractivity contribution in [2.75, 3.05) is 0 Å². The van der Waals surface area contributed by atoms with Crippen LogP contribution in [-0.2, 0) is 12.3 Å². The van der Waals surface area contributed by atoms with Crippen molar-refractivity contribution in [2.45, 2.75) is 36.3 Å². The molecular formula is C12H13Cl2N5S. The van der Waals surface area contributed by atoms with Crippen LogP contribution in [0.15, 0.2) is 17.3 Å². The minimum Gasteiger partial charge on any atom is -0.324 e. The Morgan fingerprint density at radius 1 is 1.30 bits per heavy atom. The van der Waals surface area contributed by atoms with Gasteiger partial charge in [0, 0.05) is 11.8 Å². The summed E-state index contributed by atoms with van der Waals surface area (Å²) in [4.78, 5) is 4.03. The Kier molecular flexibility index (Phi) is 4.16. The molecule has 2 heterocycles. The number of rotatable bonds is 5. The van der Waals surface area contributed by atoms with E-state index < -0.39 is 0 Å². The Balaban J connectivity index is 1.76. The molecule has 0 radical (unpaired) electrons. The second-order valence-electron chi connectivity index (χ2n) is 4.58. The van der Waals surface area contributed by atoms with E-state index in [0.29, 0.717) is 28.6 Å². The van der Waals surface area contributed by atoms with Gasteiger partial charge in [0.05, 0.1) is 6.54 Å². The summed E-state index contributed by atoms with van der Waals surface area (Å²) in [6.07, 6.45) is 2.34. The van der Waals surface area contributed by atoms with Gasteiger partial charge in [0.2, 0.25) is 0 Å². The molecule has 0 aliphatic heterocycles. The molecule has 0 saturated heterocycles. The first-order chi connectivity index (χ1) is 9.69. The van der Waals surface area contributed by atoms with Crippen LogP contribution in [-0.4, -0.2) is 19.7 Å². The van der Waals surface area contributed by atoms with Crippen molar-refractivity contribution in [1.82, 2.24) is 19.7 Å². The van der Waals surface area contributed by atoms with Crippen molar-refractivity contribution >= 4 is 35.0 Å². The summed E-state index contributed by atoms with van der Waals surface area (Å²) in [6, 6.07) is 4.12. The normalized spacial score (nSPS) is 14.8. The molecule has 0 spiro atoms. The first-order valence-electron chi connectivity index (χ1n) is 6.26. The Labute approximate surface area is 130 Å². The predicted molar refractivity (Wildman–Crippen MR) is 80.0 cm³/mol. The third kappa shape index (κ3) is 2.93. The maximum Gasteiger partial charge on any atom is 0.191 e. The molecule has 1 aliphatic carbocycles. The number of nitrogens with two attached hydrogens (primary N) is 1. The minimum absolute atomic E-state index is 0.398. The van der Waals surface area contributed by atoms with Gasteiger partial charge in [-0.15, -0.1) is 10.2 Å². The average molecular weight is 330 g/mol. The van der Waals surface area contributed by atoms with Crippen molar-refractivity contribution < 1.29 is 0 Å². The monoisotopic (exact) mass is 329 g/mol. The van der Waals surface area contributed by atoms with Gasteiger partial charge in [-0.2, -0.15) is 0 Å². The van der Waals surface area contributed by atoms with Crippen molar-refractivity contribution in [3.8, 4) is 0 Å². The van der Waals surface area contributed by atoms with Crippen molar-refractivity contribution in [3.63, 3.8) is 0 Å². The molecule has 0 amide bonds. The summed E-state index contributed by atoms with van der Waals surface area (Å²) in [5, 5.41) is 10.1. The standard InChI is InChI=1S/C12H13Cl2N5S/c13-9-4-1-7(11(14)16-9)6-20-12-18-17-10(5-15)19(12)8-2-3-8/h1,4,8H,2-3,5-6,15H2. The van der Waals surface area contributed by atoms with E-state index in [1.165, 1.54) is 12.8 Å². The summed E-state index contributed by atoms with van der Waals surface area (Å²) in [5.74, 6) is 1.52. The maximum atomic E-state index is 6.07. The van der Waals surface area contributed by atoms with Crippen LogP contribution in [0.5, 0.6) is 0 Å². The quantitative estimate of drug-likeness (QED) is 0.674. The molecule has 5 nitrogen and oxygen atoms in total. The van der Waals surface area contributed by atoms with Crippen LogP contribution < -0.4 is 5.73 Å². The van der Waals surface area contributed by atoms with E-state index in [4.69, 9.17) is 28.9 Å². The highest BCUT2D eigenvalue weighted by atomic mass is 35.5. The topological polar surface area (TPSA) is 69.6 Å². The molecule has 2 aromatic rings. The Hall–Kier alpha value is -0.820. The van der Waals surface area contributed by atoms with E-state index in [1.54, 1.807) is 17.8 Å². The molecule has 106 valence electrons. The molecule has 0 unspecified atom stereocenters. The third-order valence-corrected chi connectivity index (χ3v) is 4.61. The van der Waals surface area contributed by atoms with Crippen LogP contribution in [0.2, 0.25) is 10.3 Å². The highest BCUT2D eigenvalue weighted by molar-refractivity contribution is 7.98. The largest absolute Gasteiger partial charge is 0.324 e. The lowest BCUT2D eigenvalue weighted by Gasteiger charge is -2.08. The van der Waals surface area contributed by atoms with E-state index in [2.05, 4.69) is 19.7 Å². The molecule has 0 atom stereocenters. The lowest BCUT2D eigenvalue weighted by molar-refractivity contribution is 0.626. The molecular weight excluding hydrogens is 317 g/mol. The Bertz CT molecular complexity index is 626. The first-order valence-corrected chi connectivity index (χ1v) is 8.00. The van der Waals surface area contributed by atoms with Crippen molar-refractivity contribution in [2.24, 2.45) is 5.73 Å². The summed E-state index contributed by atoms with van der Waals surface area (Å²) in [6.45, 7) is 0.410. The van der Waals surface area contributed by atoms with Gasteiger partial charge < -0.3 is 10.3 Å². The number of hydrogen-bond acceptors (Lipinski definition) is 5. The second-order valence-corrected chi connectivity index (χ2v) is 6.26. The van der Waals surface area contributed by atoms with Gasteiger partial charge in [0.15, 0.2) is 5.16 Å². The second kappa shape index (κ2) is 5.89. The van der Waals surface area contributed by atoms with Crippen LogP contribution in [0, 0.1) is 0 Å². The fourth-order valence-electron chi connectivity index (χ4n) is 1.94. The van der Waals surface area contributed by atoms with Gasteiger partial charge in [-0.3, -0.25) is 0 Å². The van der Waals surface area contributed by atoms with Gasteiger partial charge in [-0.1, -0.05) is 41.0 Å². The van der Waals surface area contributed by atoms with Crippen LogP contribution >= 0.6 is 35.0 Å². The molecule has 1 aliphatic rings. The minimum atomic E-state index is 0.398. The molecule has 3 rings (SSSR count). The summed E-state index contributed by atoms with van der Waals surface area (Å²) >= 11 is 13.5. The number of hydrogen-bond donors (Lipinski definition) is 1. The zero-order chi connectivity index (χ0) is 14.1. The third-order valence-electron chi connectivity index (χ3n) is 3.08. The fourth-order valence-corrected chi connectivity index (χ4v) is 3.44. The van der Waals surface area contributed by atoms with Crippen molar-refractivity contribution in [1.29, 1.82) is 0 Å². The Morgan fingerprint density at radius 3 is 2.75 bits per heavy atom.